The van der Waals surface area contributed by atoms with Crippen molar-refractivity contribution in [2.24, 2.45) is 0 Å². The molecular formula is C19H21BrN4O3S. The van der Waals surface area contributed by atoms with Crippen LogP contribution in [-0.4, -0.2) is 41.3 Å². The van der Waals surface area contributed by atoms with Crippen LogP contribution in [0.2, 0.25) is 0 Å². The third-order valence-corrected chi connectivity index (χ3v) is 5.65. The number of benzene rings is 1. The lowest BCUT2D eigenvalue weighted by atomic mass is 9.93. The topological polar surface area (TPSA) is 108 Å². The lowest BCUT2D eigenvalue weighted by Gasteiger charge is -2.22. The Labute approximate surface area is 172 Å². The summed E-state index contributed by atoms with van der Waals surface area (Å²) in [7, 11) is -3.32. The Morgan fingerprint density at radius 3 is 2.46 bits per heavy atom. The monoisotopic (exact) mass is 464 g/mol. The van der Waals surface area contributed by atoms with Gasteiger partial charge < -0.3 is 10.1 Å². The number of H-pyrrole nitrogens is 1. The number of phenols is 1. The standard InChI is InChI=1S/C19H21BrN4O3S/c1-19(2,11-22-28(3,26)27)18-23-16(12-6-8-21-9-7-12)17(24-18)13-4-5-14(20)15(25)10-13/h4-10,22,25H,11H2,1-3H3,(H,23,24). The SMILES string of the molecule is CC(C)(CNS(C)(=O)=O)c1nc(-c2ccc(Br)c(O)c2)c(-c2ccncc2)[nH]1. The Bertz CT molecular complexity index is 1100. The fourth-order valence-electron chi connectivity index (χ4n) is 2.69. The van der Waals surface area contributed by atoms with E-state index in [0.29, 0.717) is 16.0 Å². The molecule has 0 saturated carbocycles. The number of aromatic hydroxyl groups is 1. The number of rotatable bonds is 6. The molecule has 0 fully saturated rings. The van der Waals surface area contributed by atoms with Gasteiger partial charge in [0.25, 0.3) is 0 Å². The van der Waals surface area contributed by atoms with Crippen LogP contribution in [0, 0.1) is 0 Å². The summed E-state index contributed by atoms with van der Waals surface area (Å²) in [6.07, 6.45) is 4.51. The van der Waals surface area contributed by atoms with Gasteiger partial charge in [0.15, 0.2) is 0 Å². The molecule has 0 aliphatic carbocycles. The summed E-state index contributed by atoms with van der Waals surface area (Å²) in [5.74, 6) is 0.744. The van der Waals surface area contributed by atoms with E-state index in [4.69, 9.17) is 4.98 Å². The molecule has 3 aromatic rings. The molecule has 2 heterocycles. The van der Waals surface area contributed by atoms with Crippen molar-refractivity contribution in [2.75, 3.05) is 12.8 Å². The van der Waals surface area contributed by atoms with Crippen LogP contribution in [0.3, 0.4) is 0 Å². The average Bonchev–Trinajstić information content (AvgIpc) is 3.09. The fourth-order valence-corrected chi connectivity index (χ4v) is 3.56. The van der Waals surface area contributed by atoms with Crippen LogP contribution >= 0.6 is 15.9 Å². The first-order chi connectivity index (χ1) is 13.1. The van der Waals surface area contributed by atoms with Crippen molar-refractivity contribution in [3.63, 3.8) is 0 Å². The van der Waals surface area contributed by atoms with Crippen molar-refractivity contribution in [1.29, 1.82) is 0 Å². The van der Waals surface area contributed by atoms with Gasteiger partial charge in [-0.25, -0.2) is 18.1 Å². The normalized spacial score (nSPS) is 12.3. The number of aromatic nitrogens is 3. The third-order valence-electron chi connectivity index (χ3n) is 4.31. The Morgan fingerprint density at radius 2 is 1.86 bits per heavy atom. The van der Waals surface area contributed by atoms with Crippen LogP contribution in [0.1, 0.15) is 19.7 Å². The van der Waals surface area contributed by atoms with E-state index in [9.17, 15) is 13.5 Å². The fraction of sp³-hybridized carbons (Fsp3) is 0.263. The van der Waals surface area contributed by atoms with E-state index in [1.54, 1.807) is 24.5 Å². The highest BCUT2D eigenvalue weighted by molar-refractivity contribution is 9.10. The van der Waals surface area contributed by atoms with Gasteiger partial charge in [-0.3, -0.25) is 4.98 Å². The highest BCUT2D eigenvalue weighted by Gasteiger charge is 2.28. The van der Waals surface area contributed by atoms with Gasteiger partial charge in [0, 0.05) is 35.5 Å². The van der Waals surface area contributed by atoms with Gasteiger partial charge in [-0.05, 0) is 40.2 Å². The van der Waals surface area contributed by atoms with E-state index in [-0.39, 0.29) is 12.3 Å². The lowest BCUT2D eigenvalue weighted by molar-refractivity contribution is 0.472. The maximum atomic E-state index is 11.5. The van der Waals surface area contributed by atoms with Gasteiger partial charge in [-0.15, -0.1) is 0 Å². The summed E-state index contributed by atoms with van der Waals surface area (Å²) in [5.41, 5.74) is 2.48. The van der Waals surface area contributed by atoms with Crippen LogP contribution in [0.15, 0.2) is 47.2 Å². The van der Waals surface area contributed by atoms with E-state index >= 15 is 0 Å². The second-order valence-electron chi connectivity index (χ2n) is 7.19. The summed E-state index contributed by atoms with van der Waals surface area (Å²) in [4.78, 5) is 12.2. The molecule has 2 aromatic heterocycles. The molecule has 0 radical (unpaired) electrons. The number of hydrogen-bond acceptors (Lipinski definition) is 5. The molecule has 9 heteroatoms. The van der Waals surface area contributed by atoms with E-state index in [1.165, 1.54) is 0 Å². The summed E-state index contributed by atoms with van der Waals surface area (Å²) < 4.78 is 26.2. The number of imidazole rings is 1. The Hall–Kier alpha value is -2.23. The Kier molecular flexibility index (Phi) is 5.60. The quantitative estimate of drug-likeness (QED) is 0.517. The van der Waals surface area contributed by atoms with Crippen LogP contribution in [0.4, 0.5) is 0 Å². The highest BCUT2D eigenvalue weighted by atomic mass is 79.9. The largest absolute Gasteiger partial charge is 0.507 e. The molecule has 0 amide bonds. The van der Waals surface area contributed by atoms with E-state index in [2.05, 4.69) is 30.6 Å². The molecule has 0 bridgehead atoms. The maximum Gasteiger partial charge on any atom is 0.208 e. The van der Waals surface area contributed by atoms with Crippen LogP contribution in [0.5, 0.6) is 5.75 Å². The zero-order valence-electron chi connectivity index (χ0n) is 15.7. The minimum absolute atomic E-state index is 0.112. The summed E-state index contributed by atoms with van der Waals surface area (Å²) >= 11 is 3.29. The number of nitrogens with zero attached hydrogens (tertiary/aromatic N) is 2. The molecule has 148 valence electrons. The highest BCUT2D eigenvalue weighted by Crippen LogP contribution is 2.36. The Morgan fingerprint density at radius 1 is 1.18 bits per heavy atom. The van der Waals surface area contributed by atoms with Gasteiger partial charge in [0.05, 0.1) is 22.1 Å². The number of aromatic amines is 1. The first kappa shape index (κ1) is 20.5. The number of halogens is 1. The van der Waals surface area contributed by atoms with Gasteiger partial charge in [0.2, 0.25) is 10.0 Å². The van der Waals surface area contributed by atoms with Crippen LogP contribution in [-0.2, 0) is 15.4 Å². The summed E-state index contributed by atoms with van der Waals surface area (Å²) in [6.45, 7) is 4.01. The molecule has 3 N–H and O–H groups in total. The predicted molar refractivity (Wildman–Crippen MR) is 112 cm³/mol. The maximum absolute atomic E-state index is 11.5. The van der Waals surface area contributed by atoms with Gasteiger partial charge in [0.1, 0.15) is 11.6 Å². The molecule has 0 aliphatic heterocycles. The van der Waals surface area contributed by atoms with E-state index in [0.717, 1.165) is 23.1 Å². The number of nitrogens with one attached hydrogen (secondary N) is 2. The number of pyridine rings is 1. The van der Waals surface area contributed by atoms with Gasteiger partial charge in [-0.2, -0.15) is 0 Å². The number of sulfonamides is 1. The molecule has 0 unspecified atom stereocenters. The molecule has 7 nitrogen and oxygen atoms in total. The summed E-state index contributed by atoms with van der Waals surface area (Å²) in [5, 5.41) is 10.1. The second-order valence-corrected chi connectivity index (χ2v) is 9.88. The van der Waals surface area contributed by atoms with Crippen LogP contribution < -0.4 is 4.72 Å². The second kappa shape index (κ2) is 7.65. The molecule has 0 aliphatic rings. The predicted octanol–water partition coefficient (Wildman–Crippen LogP) is 3.43. The smallest absolute Gasteiger partial charge is 0.208 e. The van der Waals surface area contributed by atoms with Crippen molar-refractivity contribution in [1.82, 2.24) is 19.7 Å². The molecule has 0 atom stereocenters. The van der Waals surface area contributed by atoms with E-state index < -0.39 is 15.4 Å². The molecular weight excluding hydrogens is 444 g/mol. The van der Waals surface area contributed by atoms with Crippen molar-refractivity contribution >= 4 is 26.0 Å². The van der Waals surface area contributed by atoms with Crippen LogP contribution in [0.25, 0.3) is 22.5 Å². The molecule has 3 rings (SSSR count). The third kappa shape index (κ3) is 4.60. The Balaban J connectivity index is 2.11. The molecule has 28 heavy (non-hydrogen) atoms. The van der Waals surface area contributed by atoms with Gasteiger partial charge >= 0.3 is 0 Å². The van der Waals surface area contributed by atoms with Crippen molar-refractivity contribution in [2.45, 2.75) is 19.3 Å². The average molecular weight is 465 g/mol. The molecule has 0 spiro atoms. The van der Waals surface area contributed by atoms with Crippen molar-refractivity contribution in [3.8, 4) is 28.3 Å². The minimum atomic E-state index is -3.32. The zero-order valence-corrected chi connectivity index (χ0v) is 18.1. The first-order valence-electron chi connectivity index (χ1n) is 8.51. The number of hydrogen-bond donors (Lipinski definition) is 3. The van der Waals surface area contributed by atoms with Crippen molar-refractivity contribution < 1.29 is 13.5 Å². The number of phenolic OH excluding ortho intramolecular Hbond substituents is 1. The zero-order chi connectivity index (χ0) is 20.5. The molecule has 1 aromatic carbocycles. The first-order valence-corrected chi connectivity index (χ1v) is 11.2. The summed E-state index contributed by atoms with van der Waals surface area (Å²) in [6, 6.07) is 8.97. The van der Waals surface area contributed by atoms with Gasteiger partial charge in [-0.1, -0.05) is 19.9 Å². The molecule has 0 saturated heterocycles. The van der Waals surface area contributed by atoms with E-state index in [1.807, 2.05) is 32.0 Å². The lowest BCUT2D eigenvalue weighted by Crippen LogP contribution is -2.36. The minimum Gasteiger partial charge on any atom is -0.507 e. The van der Waals surface area contributed by atoms with Crippen molar-refractivity contribution in [3.05, 3.63) is 53.0 Å².